The lowest BCUT2D eigenvalue weighted by Gasteiger charge is -2.44. The number of ether oxygens (including phenoxy) is 1. The summed E-state index contributed by atoms with van der Waals surface area (Å²) in [6.45, 7) is 8.89. The van der Waals surface area contributed by atoms with E-state index in [0.717, 1.165) is 0 Å². The minimum Gasteiger partial charge on any atom is -0.456 e. The van der Waals surface area contributed by atoms with E-state index in [-0.39, 0.29) is 43.1 Å². The summed E-state index contributed by atoms with van der Waals surface area (Å²) in [7, 11) is -3.74. The number of carbonyl (C=O) groups is 2. The molecule has 1 N–H and O–H groups in total. The van der Waals surface area contributed by atoms with Gasteiger partial charge in [-0.05, 0) is 39.0 Å². The molecule has 1 atom stereocenters. The Balaban J connectivity index is 2.64. The van der Waals surface area contributed by atoms with Gasteiger partial charge in [-0.3, -0.25) is 13.8 Å². The molecule has 0 radical (unpaired) electrons. The summed E-state index contributed by atoms with van der Waals surface area (Å²) in [6.07, 6.45) is 1.45. The second kappa shape index (κ2) is 7.82. The number of nitrogens with one attached hydrogen (secondary N) is 1. The average Bonchev–Trinajstić information content (AvgIpc) is 2.45. The Morgan fingerprint density at radius 1 is 1.33 bits per heavy atom. The van der Waals surface area contributed by atoms with Gasteiger partial charge in [-0.2, -0.15) is 8.42 Å². The smallest absolute Gasteiger partial charge is 0.312 e. The third kappa shape index (κ3) is 5.73. The third-order valence-electron chi connectivity index (χ3n) is 4.50. The zero-order valence-electron chi connectivity index (χ0n) is 15.2. The second-order valence-corrected chi connectivity index (χ2v) is 9.11. The molecule has 1 rings (SSSR count). The van der Waals surface area contributed by atoms with Gasteiger partial charge in [0.25, 0.3) is 10.1 Å². The summed E-state index contributed by atoms with van der Waals surface area (Å²) in [4.78, 5) is 22.9. The molecule has 7 nitrogen and oxygen atoms in total. The molecule has 0 aliphatic carbocycles. The number of rotatable bonds is 8. The molecule has 1 aliphatic rings. The molecule has 0 aromatic carbocycles. The maximum Gasteiger partial charge on any atom is 0.312 e. The molecule has 0 bridgehead atoms. The van der Waals surface area contributed by atoms with Crippen LogP contribution >= 0.6 is 0 Å². The van der Waals surface area contributed by atoms with E-state index in [2.05, 4.69) is 5.32 Å². The van der Waals surface area contributed by atoms with Gasteiger partial charge in [0, 0.05) is 13.5 Å². The van der Waals surface area contributed by atoms with Crippen molar-refractivity contribution in [2.75, 3.05) is 18.9 Å². The fourth-order valence-electron chi connectivity index (χ4n) is 2.44. The third-order valence-corrected chi connectivity index (χ3v) is 5.77. The molecule has 1 fully saturated rings. The van der Waals surface area contributed by atoms with Crippen LogP contribution in [0, 0.1) is 11.3 Å². The van der Waals surface area contributed by atoms with Gasteiger partial charge < -0.3 is 10.1 Å². The quantitative estimate of drug-likeness (QED) is 0.400. The maximum absolute atomic E-state index is 12.2. The predicted octanol–water partition coefficient (Wildman–Crippen LogP) is 1.62. The Kier molecular flexibility index (Phi) is 6.81. The highest BCUT2D eigenvalue weighted by molar-refractivity contribution is 7.86. The van der Waals surface area contributed by atoms with Crippen LogP contribution in [0.2, 0.25) is 0 Å². The topological polar surface area (TPSA) is 98.8 Å². The lowest BCUT2D eigenvalue weighted by Crippen LogP contribution is -2.52. The predicted molar refractivity (Wildman–Crippen MR) is 89.7 cm³/mol. The normalized spacial score (nSPS) is 23.8. The van der Waals surface area contributed by atoms with Crippen LogP contribution in [0.3, 0.4) is 0 Å². The first-order valence-corrected chi connectivity index (χ1v) is 9.83. The van der Waals surface area contributed by atoms with E-state index in [0.29, 0.717) is 12.8 Å². The summed E-state index contributed by atoms with van der Waals surface area (Å²) in [5.41, 5.74) is -1.48. The second-order valence-electron chi connectivity index (χ2n) is 7.35. The molecular formula is C16H29NO6S. The molecular weight excluding hydrogens is 334 g/mol. The average molecular weight is 363 g/mol. The number of esters is 1. The minimum atomic E-state index is -3.74. The van der Waals surface area contributed by atoms with Crippen LogP contribution in [-0.2, 0) is 28.6 Å². The van der Waals surface area contributed by atoms with Gasteiger partial charge in [0.15, 0.2) is 0 Å². The highest BCUT2D eigenvalue weighted by atomic mass is 32.2. The van der Waals surface area contributed by atoms with Crippen LogP contribution in [0.4, 0.5) is 0 Å². The van der Waals surface area contributed by atoms with Crippen LogP contribution in [0.5, 0.6) is 0 Å². The summed E-state index contributed by atoms with van der Waals surface area (Å²) < 4.78 is 34.8. The molecule has 0 spiro atoms. The zero-order valence-corrected chi connectivity index (χ0v) is 16.0. The van der Waals surface area contributed by atoms with Crippen molar-refractivity contribution >= 4 is 22.0 Å². The molecule has 0 aromatic rings. The van der Waals surface area contributed by atoms with E-state index in [1.807, 2.05) is 27.7 Å². The zero-order chi connectivity index (χ0) is 18.6. The number of hydrogen-bond acceptors (Lipinski definition) is 6. The van der Waals surface area contributed by atoms with E-state index in [4.69, 9.17) is 8.92 Å². The lowest BCUT2D eigenvalue weighted by atomic mass is 9.76. The number of cyclic esters (lactones) is 1. The van der Waals surface area contributed by atoms with Gasteiger partial charge in [-0.1, -0.05) is 13.8 Å². The molecule has 140 valence electrons. The SMILES string of the molecule is CC(=O)NCCCS(=O)(=O)OC[C@@]1(C(C)C)CCC(C)(C)C(=O)O1. The van der Waals surface area contributed by atoms with E-state index in [9.17, 15) is 18.0 Å². The Morgan fingerprint density at radius 3 is 2.46 bits per heavy atom. The number of amides is 1. The molecule has 1 saturated heterocycles. The first-order chi connectivity index (χ1) is 10.9. The van der Waals surface area contributed by atoms with Gasteiger partial charge >= 0.3 is 5.97 Å². The Hall–Kier alpha value is -1.15. The van der Waals surface area contributed by atoms with E-state index in [1.165, 1.54) is 6.92 Å². The molecule has 1 aliphatic heterocycles. The molecule has 1 amide bonds. The van der Waals surface area contributed by atoms with Crippen molar-refractivity contribution < 1.29 is 26.9 Å². The Bertz CT molecular complexity index is 569. The van der Waals surface area contributed by atoms with Gasteiger partial charge in [0.05, 0.1) is 11.2 Å². The monoisotopic (exact) mass is 363 g/mol. The van der Waals surface area contributed by atoms with Crippen LogP contribution in [0.1, 0.15) is 53.9 Å². The van der Waals surface area contributed by atoms with Crippen molar-refractivity contribution in [3.8, 4) is 0 Å². The van der Waals surface area contributed by atoms with Gasteiger partial charge in [-0.15, -0.1) is 0 Å². The lowest BCUT2D eigenvalue weighted by molar-refractivity contribution is -0.194. The largest absolute Gasteiger partial charge is 0.456 e. The van der Waals surface area contributed by atoms with Gasteiger partial charge in [0.1, 0.15) is 12.2 Å². The fourth-order valence-corrected chi connectivity index (χ4v) is 3.43. The highest BCUT2D eigenvalue weighted by Crippen LogP contribution is 2.41. The van der Waals surface area contributed by atoms with Crippen LogP contribution in [0.25, 0.3) is 0 Å². The van der Waals surface area contributed by atoms with Crippen LogP contribution < -0.4 is 5.32 Å². The van der Waals surface area contributed by atoms with Crippen molar-refractivity contribution in [3.05, 3.63) is 0 Å². The van der Waals surface area contributed by atoms with Crippen LogP contribution in [0.15, 0.2) is 0 Å². The van der Waals surface area contributed by atoms with E-state index < -0.39 is 21.1 Å². The Labute approximate surface area is 144 Å². The standard InChI is InChI=1S/C16H29NO6S/c1-12(2)16(8-7-15(4,5)14(19)23-16)11-22-24(20,21)10-6-9-17-13(3)18/h12H,6-11H2,1-5H3,(H,17,18)/t16-/m1/s1. The van der Waals surface area contributed by atoms with Crippen molar-refractivity contribution in [3.63, 3.8) is 0 Å². The summed E-state index contributed by atoms with van der Waals surface area (Å²) >= 11 is 0. The van der Waals surface area contributed by atoms with E-state index in [1.54, 1.807) is 0 Å². The van der Waals surface area contributed by atoms with Gasteiger partial charge in [-0.25, -0.2) is 0 Å². The van der Waals surface area contributed by atoms with Crippen molar-refractivity contribution in [2.24, 2.45) is 11.3 Å². The number of carbonyl (C=O) groups excluding carboxylic acids is 2. The van der Waals surface area contributed by atoms with Gasteiger partial charge in [0.2, 0.25) is 5.91 Å². The molecule has 0 saturated carbocycles. The van der Waals surface area contributed by atoms with Crippen molar-refractivity contribution in [1.29, 1.82) is 0 Å². The summed E-state index contributed by atoms with van der Waals surface area (Å²) in [6, 6.07) is 0. The molecule has 24 heavy (non-hydrogen) atoms. The molecule has 0 aromatic heterocycles. The first-order valence-electron chi connectivity index (χ1n) is 8.25. The highest BCUT2D eigenvalue weighted by Gasteiger charge is 2.48. The van der Waals surface area contributed by atoms with Crippen LogP contribution in [-0.4, -0.2) is 44.8 Å². The summed E-state index contributed by atoms with van der Waals surface area (Å²) in [5.74, 6) is -0.786. The molecule has 8 heteroatoms. The Morgan fingerprint density at radius 2 is 1.96 bits per heavy atom. The van der Waals surface area contributed by atoms with E-state index >= 15 is 0 Å². The van der Waals surface area contributed by atoms with Crippen molar-refractivity contribution in [1.82, 2.24) is 5.32 Å². The van der Waals surface area contributed by atoms with Crippen molar-refractivity contribution in [2.45, 2.75) is 59.5 Å². The summed E-state index contributed by atoms with van der Waals surface area (Å²) in [5, 5.41) is 2.54. The molecule has 0 unspecified atom stereocenters. The minimum absolute atomic E-state index is 0.0628. The molecule has 1 heterocycles. The number of hydrogen-bond donors (Lipinski definition) is 1. The first kappa shape index (κ1) is 20.9. The maximum atomic E-state index is 12.2. The fraction of sp³-hybridized carbons (Fsp3) is 0.875.